The minimum Gasteiger partial charge on any atom is -0.457 e. The molecule has 7 nitrogen and oxygen atoms in total. The molecule has 4 rings (SSSR count). The Kier molecular flexibility index (Phi) is 8.97. The van der Waals surface area contributed by atoms with Crippen LogP contribution in [0.4, 0.5) is 11.4 Å². The highest BCUT2D eigenvalue weighted by atomic mass is 79.9. The second-order valence-corrected chi connectivity index (χ2v) is 10.6. The van der Waals surface area contributed by atoms with Crippen LogP contribution < -0.4 is 15.0 Å². The number of rotatable bonds is 7. The Morgan fingerprint density at radius 3 is 2.47 bits per heavy atom. The van der Waals surface area contributed by atoms with Gasteiger partial charge in [0.2, 0.25) is 5.91 Å². The third kappa shape index (κ3) is 6.49. The first kappa shape index (κ1) is 28.0. The molecule has 0 atom stereocenters. The fourth-order valence-electron chi connectivity index (χ4n) is 4.19. The van der Waals surface area contributed by atoms with E-state index in [1.54, 1.807) is 48.3 Å². The summed E-state index contributed by atoms with van der Waals surface area (Å²) in [6.45, 7) is 2.88. The number of nitrogens with zero attached hydrogens (tertiary/aromatic N) is 2. The average Bonchev–Trinajstić information content (AvgIpc) is 2.89. The number of carbonyl (C=O) groups excluding carboxylic acids is 3. The minimum atomic E-state index is -0.736. The van der Waals surface area contributed by atoms with Gasteiger partial charge in [0.1, 0.15) is 11.5 Å². The van der Waals surface area contributed by atoms with Crippen molar-refractivity contribution in [2.45, 2.75) is 32.7 Å². The molecule has 38 heavy (non-hydrogen) atoms. The Labute approximate surface area is 239 Å². The highest BCUT2D eigenvalue weighted by Crippen LogP contribution is 2.32. The van der Waals surface area contributed by atoms with Gasteiger partial charge in [-0.15, -0.1) is 0 Å². The molecule has 0 saturated heterocycles. The summed E-state index contributed by atoms with van der Waals surface area (Å²) >= 11 is 15.5. The van der Waals surface area contributed by atoms with Crippen molar-refractivity contribution in [3.63, 3.8) is 0 Å². The van der Waals surface area contributed by atoms with Gasteiger partial charge < -0.3 is 19.9 Å². The van der Waals surface area contributed by atoms with Gasteiger partial charge in [0.25, 0.3) is 0 Å². The molecule has 198 valence electrons. The van der Waals surface area contributed by atoms with Gasteiger partial charge >= 0.3 is 11.8 Å². The Hall–Kier alpha value is -3.07. The van der Waals surface area contributed by atoms with Gasteiger partial charge in [-0.25, -0.2) is 0 Å². The third-order valence-electron chi connectivity index (χ3n) is 6.08. The van der Waals surface area contributed by atoms with Crippen LogP contribution in [0.5, 0.6) is 11.5 Å². The van der Waals surface area contributed by atoms with Gasteiger partial charge in [0, 0.05) is 48.5 Å². The number of benzene rings is 3. The van der Waals surface area contributed by atoms with Gasteiger partial charge in [-0.2, -0.15) is 0 Å². The van der Waals surface area contributed by atoms with Crippen LogP contribution in [0.2, 0.25) is 10.0 Å². The van der Waals surface area contributed by atoms with Crippen molar-refractivity contribution >= 4 is 68.2 Å². The first-order chi connectivity index (χ1) is 18.2. The molecule has 0 aromatic heterocycles. The molecule has 0 bridgehead atoms. The number of fused-ring (bicyclic) bond motifs is 1. The van der Waals surface area contributed by atoms with Crippen molar-refractivity contribution in [2.24, 2.45) is 0 Å². The van der Waals surface area contributed by atoms with Crippen LogP contribution in [0.15, 0.2) is 59.1 Å². The molecule has 3 aromatic carbocycles. The number of hydrogen-bond donors (Lipinski definition) is 1. The molecule has 0 aliphatic carbocycles. The van der Waals surface area contributed by atoms with Crippen LogP contribution in [0.3, 0.4) is 0 Å². The fourth-order valence-corrected chi connectivity index (χ4v) is 4.96. The molecule has 1 N–H and O–H groups in total. The number of carbonyl (C=O) groups is 3. The van der Waals surface area contributed by atoms with Crippen molar-refractivity contribution in [3.8, 4) is 11.5 Å². The highest BCUT2D eigenvalue weighted by molar-refractivity contribution is 9.10. The van der Waals surface area contributed by atoms with Crippen molar-refractivity contribution in [2.75, 3.05) is 23.8 Å². The maximum Gasteiger partial charge on any atom is 0.313 e. The summed E-state index contributed by atoms with van der Waals surface area (Å²) < 4.78 is 6.55. The maximum absolute atomic E-state index is 12.8. The summed E-state index contributed by atoms with van der Waals surface area (Å²) in [7, 11) is 1.57. The first-order valence-electron chi connectivity index (χ1n) is 12.1. The van der Waals surface area contributed by atoms with Gasteiger partial charge in [-0.1, -0.05) is 52.1 Å². The molecular formula is C28H26BrCl2N3O4. The molecule has 0 saturated carbocycles. The molecule has 1 heterocycles. The lowest BCUT2D eigenvalue weighted by Crippen LogP contribution is -2.37. The van der Waals surface area contributed by atoms with Crippen LogP contribution >= 0.6 is 39.1 Å². The quantitative estimate of drug-likeness (QED) is 0.294. The molecule has 1 aliphatic rings. The lowest BCUT2D eigenvalue weighted by molar-refractivity contribution is -0.142. The molecular weight excluding hydrogens is 593 g/mol. The number of hydrogen-bond acceptors (Lipinski definition) is 4. The lowest BCUT2D eigenvalue weighted by atomic mass is 10.00. The Morgan fingerprint density at radius 1 is 1.03 bits per heavy atom. The zero-order valence-corrected chi connectivity index (χ0v) is 24.0. The monoisotopic (exact) mass is 617 g/mol. The standard InChI is InChI=1S/C28H26BrCl2N3O4/c1-3-12-34-25-10-6-19(13-17(25)5-11-26(34)35)32-27(36)28(37)33(2)16-18-4-7-20(14-22(18)29)38-21-8-9-23(30)24(31)15-21/h4,6-10,13-15H,3,5,11-12,16H2,1-2H3,(H,32,36). The van der Waals surface area contributed by atoms with Crippen LogP contribution in [-0.2, 0) is 27.3 Å². The number of likely N-dealkylation sites (N-methyl/N-ethyl adjacent to an activating group) is 1. The van der Waals surface area contributed by atoms with E-state index in [1.807, 2.05) is 25.1 Å². The van der Waals surface area contributed by atoms with E-state index in [-0.39, 0.29) is 12.5 Å². The van der Waals surface area contributed by atoms with Gasteiger partial charge in [0.05, 0.1) is 10.0 Å². The van der Waals surface area contributed by atoms with E-state index < -0.39 is 11.8 Å². The van der Waals surface area contributed by atoms with Gasteiger partial charge in [-0.05, 0) is 66.4 Å². The van der Waals surface area contributed by atoms with E-state index in [4.69, 9.17) is 27.9 Å². The first-order valence-corrected chi connectivity index (χ1v) is 13.6. The van der Waals surface area contributed by atoms with Gasteiger partial charge in [-0.3, -0.25) is 14.4 Å². The van der Waals surface area contributed by atoms with Crippen LogP contribution in [0.25, 0.3) is 0 Å². The summed E-state index contributed by atoms with van der Waals surface area (Å²) in [6.07, 6.45) is 1.89. The molecule has 0 unspecified atom stereocenters. The highest BCUT2D eigenvalue weighted by Gasteiger charge is 2.25. The molecule has 3 amide bonds. The van der Waals surface area contributed by atoms with E-state index in [1.165, 1.54) is 4.90 Å². The molecule has 3 aromatic rings. The predicted molar refractivity (Wildman–Crippen MR) is 153 cm³/mol. The second kappa shape index (κ2) is 12.2. The summed E-state index contributed by atoms with van der Waals surface area (Å²) in [5, 5.41) is 3.52. The van der Waals surface area contributed by atoms with Crippen LogP contribution in [0.1, 0.15) is 30.9 Å². The number of ether oxygens (including phenoxy) is 1. The molecule has 1 aliphatic heterocycles. The zero-order chi connectivity index (χ0) is 27.4. The van der Waals surface area contributed by atoms with Crippen molar-refractivity contribution in [1.82, 2.24) is 4.90 Å². The Morgan fingerprint density at radius 2 is 1.76 bits per heavy atom. The van der Waals surface area contributed by atoms with Crippen molar-refractivity contribution < 1.29 is 19.1 Å². The number of amides is 3. The SMILES string of the molecule is CCCN1C(=O)CCc2cc(NC(=O)C(=O)N(C)Cc3ccc(Oc4ccc(Cl)c(Cl)c4)cc3Br)ccc21. The minimum absolute atomic E-state index is 0.105. The molecule has 10 heteroatoms. The van der Waals surface area contributed by atoms with E-state index in [0.29, 0.717) is 46.6 Å². The van der Waals surface area contributed by atoms with E-state index in [9.17, 15) is 14.4 Å². The smallest absolute Gasteiger partial charge is 0.313 e. The van der Waals surface area contributed by atoms with Crippen LogP contribution in [-0.4, -0.2) is 36.2 Å². The molecule has 0 fully saturated rings. The van der Waals surface area contributed by atoms with E-state index >= 15 is 0 Å². The van der Waals surface area contributed by atoms with Crippen molar-refractivity contribution in [3.05, 3.63) is 80.2 Å². The zero-order valence-electron chi connectivity index (χ0n) is 20.9. The number of aryl methyl sites for hydroxylation is 1. The summed E-state index contributed by atoms with van der Waals surface area (Å²) in [4.78, 5) is 40.9. The Bertz CT molecular complexity index is 1400. The van der Waals surface area contributed by atoms with Crippen molar-refractivity contribution in [1.29, 1.82) is 0 Å². The summed E-state index contributed by atoms with van der Waals surface area (Å²) in [5.41, 5.74) is 3.15. The molecule has 0 spiro atoms. The number of nitrogens with one attached hydrogen (secondary N) is 1. The normalized spacial score (nSPS) is 12.7. The second-order valence-electron chi connectivity index (χ2n) is 8.94. The third-order valence-corrected chi connectivity index (χ3v) is 7.56. The average molecular weight is 619 g/mol. The molecule has 0 radical (unpaired) electrons. The summed E-state index contributed by atoms with van der Waals surface area (Å²) in [6, 6.07) is 15.7. The largest absolute Gasteiger partial charge is 0.457 e. The summed E-state index contributed by atoms with van der Waals surface area (Å²) in [5.74, 6) is -0.200. The lowest BCUT2D eigenvalue weighted by Gasteiger charge is -2.29. The maximum atomic E-state index is 12.8. The van der Waals surface area contributed by atoms with E-state index in [0.717, 1.165) is 27.7 Å². The van der Waals surface area contributed by atoms with Crippen LogP contribution in [0, 0.1) is 0 Å². The van der Waals surface area contributed by atoms with E-state index in [2.05, 4.69) is 21.2 Å². The number of anilines is 2. The van der Waals surface area contributed by atoms with Gasteiger partial charge in [0.15, 0.2) is 0 Å². The Balaban J connectivity index is 1.38. The topological polar surface area (TPSA) is 79.0 Å². The fraction of sp³-hybridized carbons (Fsp3) is 0.250. The number of halogens is 3. The predicted octanol–water partition coefficient (Wildman–Crippen LogP) is 6.83.